The fourth-order valence-corrected chi connectivity index (χ4v) is 2.52. The van der Waals surface area contributed by atoms with Gasteiger partial charge in [0, 0.05) is 18.0 Å². The Morgan fingerprint density at radius 2 is 1.90 bits per heavy atom. The lowest BCUT2D eigenvalue weighted by Crippen LogP contribution is -2.36. The summed E-state index contributed by atoms with van der Waals surface area (Å²) >= 11 is 1.56. The molecule has 112 valence electrons. The van der Waals surface area contributed by atoms with Crippen LogP contribution in [0.5, 0.6) is 0 Å². The highest BCUT2D eigenvalue weighted by Crippen LogP contribution is 2.25. The molecule has 1 rings (SSSR count). The monoisotopic (exact) mass is 295 g/mol. The van der Waals surface area contributed by atoms with Gasteiger partial charge in [0.25, 0.3) is 0 Å². The molecule has 1 amide bonds. The summed E-state index contributed by atoms with van der Waals surface area (Å²) in [4.78, 5) is 12.9. The predicted octanol–water partition coefficient (Wildman–Crippen LogP) is 3.23. The van der Waals surface area contributed by atoms with Crippen LogP contribution < -0.4 is 5.32 Å². The summed E-state index contributed by atoms with van der Waals surface area (Å²) in [6.07, 6.45) is 0. The Kier molecular flexibility index (Phi) is 6.56. The lowest BCUT2D eigenvalue weighted by atomic mass is 9.87. The minimum Gasteiger partial charge on any atom is -0.383 e. The summed E-state index contributed by atoms with van der Waals surface area (Å²) in [5, 5.41) is 2.90. The average Bonchev–Trinajstić information content (AvgIpc) is 2.36. The second kappa shape index (κ2) is 7.70. The summed E-state index contributed by atoms with van der Waals surface area (Å²) in [5.74, 6) is 0.475. The molecule has 0 radical (unpaired) electrons. The molecule has 1 atom stereocenters. The average molecular weight is 295 g/mol. The van der Waals surface area contributed by atoms with Gasteiger partial charge in [-0.15, -0.1) is 11.8 Å². The number of hydrogen-bond donors (Lipinski definition) is 1. The summed E-state index contributed by atoms with van der Waals surface area (Å²) in [5.41, 5.74) is 1.47. The molecule has 0 aliphatic heterocycles. The minimum absolute atomic E-state index is 0.0412. The predicted molar refractivity (Wildman–Crippen MR) is 85.3 cm³/mol. The van der Waals surface area contributed by atoms with Crippen LogP contribution in [0.3, 0.4) is 0 Å². The Morgan fingerprint density at radius 1 is 1.30 bits per heavy atom. The van der Waals surface area contributed by atoms with Crippen molar-refractivity contribution in [2.45, 2.75) is 44.0 Å². The Morgan fingerprint density at radius 3 is 2.40 bits per heavy atom. The molecular weight excluding hydrogens is 270 g/mol. The molecule has 1 unspecified atom stereocenters. The lowest BCUT2D eigenvalue weighted by Gasteiger charge is -2.19. The highest BCUT2D eigenvalue weighted by atomic mass is 32.2. The zero-order valence-electron chi connectivity index (χ0n) is 13.0. The van der Waals surface area contributed by atoms with E-state index < -0.39 is 0 Å². The number of carbonyl (C=O) groups excluding carboxylic acids is 1. The van der Waals surface area contributed by atoms with E-state index in [4.69, 9.17) is 4.74 Å². The van der Waals surface area contributed by atoms with Crippen molar-refractivity contribution in [1.29, 1.82) is 0 Å². The van der Waals surface area contributed by atoms with Crippen LogP contribution >= 0.6 is 11.8 Å². The molecular formula is C16H25NO2S. The lowest BCUT2D eigenvalue weighted by molar-refractivity contribution is -0.119. The van der Waals surface area contributed by atoms with Crippen LogP contribution in [0, 0.1) is 0 Å². The fourth-order valence-electron chi connectivity index (χ4n) is 1.81. The summed E-state index contributed by atoms with van der Waals surface area (Å²) < 4.78 is 4.99. The molecule has 0 fully saturated rings. The number of carbonyl (C=O) groups is 1. The Labute approximate surface area is 126 Å². The third-order valence-corrected chi connectivity index (χ3v) is 3.93. The molecule has 1 N–H and O–H groups in total. The van der Waals surface area contributed by atoms with Crippen LogP contribution in [0.25, 0.3) is 0 Å². The van der Waals surface area contributed by atoms with E-state index in [0.29, 0.717) is 12.4 Å². The van der Waals surface area contributed by atoms with Gasteiger partial charge in [-0.1, -0.05) is 32.9 Å². The normalized spacial score (nSPS) is 13.1. The van der Waals surface area contributed by atoms with E-state index in [9.17, 15) is 4.79 Å². The second-order valence-corrected chi connectivity index (χ2v) is 7.04. The van der Waals surface area contributed by atoms with Gasteiger partial charge in [0.1, 0.15) is 0 Å². The van der Waals surface area contributed by atoms with Crippen LogP contribution in [0.15, 0.2) is 29.2 Å². The van der Waals surface area contributed by atoms with Gasteiger partial charge >= 0.3 is 0 Å². The van der Waals surface area contributed by atoms with E-state index in [0.717, 1.165) is 4.90 Å². The first-order chi connectivity index (χ1) is 9.32. The fraction of sp³-hybridized carbons (Fsp3) is 0.562. The third-order valence-electron chi connectivity index (χ3n) is 2.91. The van der Waals surface area contributed by atoms with Gasteiger partial charge in [-0.25, -0.2) is 0 Å². The molecule has 1 aromatic carbocycles. The van der Waals surface area contributed by atoms with Crippen LogP contribution in [-0.4, -0.2) is 31.4 Å². The van der Waals surface area contributed by atoms with Gasteiger partial charge in [-0.05, 0) is 30.0 Å². The van der Waals surface area contributed by atoms with Crippen molar-refractivity contribution in [3.63, 3.8) is 0 Å². The van der Waals surface area contributed by atoms with Gasteiger partial charge in [0.05, 0.1) is 12.4 Å². The molecule has 0 saturated carbocycles. The first kappa shape index (κ1) is 17.1. The SMILES string of the molecule is COCC(C)NC(=O)CSc1ccc(C(C)(C)C)cc1. The van der Waals surface area contributed by atoms with Crippen LogP contribution in [0.4, 0.5) is 0 Å². The number of thioether (sulfide) groups is 1. The standard InChI is InChI=1S/C16H25NO2S/c1-12(10-19-5)17-15(18)11-20-14-8-6-13(7-9-14)16(2,3)4/h6-9,12H,10-11H2,1-5H3,(H,17,18). The number of benzene rings is 1. The van der Waals surface area contributed by atoms with Crippen molar-refractivity contribution in [2.24, 2.45) is 0 Å². The Balaban J connectivity index is 2.44. The summed E-state index contributed by atoms with van der Waals surface area (Å²) in [6, 6.07) is 8.48. The third kappa shape index (κ3) is 5.97. The Bertz CT molecular complexity index is 423. The van der Waals surface area contributed by atoms with Gasteiger partial charge in [-0.3, -0.25) is 4.79 Å². The number of amides is 1. The number of methoxy groups -OCH3 is 1. The molecule has 1 aromatic rings. The molecule has 4 heteroatoms. The molecule has 3 nitrogen and oxygen atoms in total. The number of rotatable bonds is 6. The minimum atomic E-state index is 0.0412. The van der Waals surface area contributed by atoms with Crippen molar-refractivity contribution in [2.75, 3.05) is 19.5 Å². The highest BCUT2D eigenvalue weighted by molar-refractivity contribution is 8.00. The zero-order chi connectivity index (χ0) is 15.2. The topological polar surface area (TPSA) is 38.3 Å². The second-order valence-electron chi connectivity index (χ2n) is 5.99. The summed E-state index contributed by atoms with van der Waals surface area (Å²) in [7, 11) is 1.63. The van der Waals surface area contributed by atoms with E-state index in [1.165, 1.54) is 5.56 Å². The molecule has 0 aromatic heterocycles. The maximum atomic E-state index is 11.7. The van der Waals surface area contributed by atoms with Crippen molar-refractivity contribution < 1.29 is 9.53 Å². The molecule has 0 spiro atoms. The maximum Gasteiger partial charge on any atom is 0.230 e. The van der Waals surface area contributed by atoms with Gasteiger partial charge in [0.15, 0.2) is 0 Å². The molecule has 0 bridgehead atoms. The van der Waals surface area contributed by atoms with Crippen LogP contribution in [0.2, 0.25) is 0 Å². The number of nitrogens with one attached hydrogen (secondary N) is 1. The largest absolute Gasteiger partial charge is 0.383 e. The van der Waals surface area contributed by atoms with Gasteiger partial charge in [0.2, 0.25) is 5.91 Å². The quantitative estimate of drug-likeness (QED) is 0.819. The van der Waals surface area contributed by atoms with Gasteiger partial charge < -0.3 is 10.1 Å². The summed E-state index contributed by atoms with van der Waals surface area (Å²) in [6.45, 7) is 9.06. The highest BCUT2D eigenvalue weighted by Gasteiger charge is 2.13. The van der Waals surface area contributed by atoms with Crippen molar-refractivity contribution in [3.05, 3.63) is 29.8 Å². The molecule has 20 heavy (non-hydrogen) atoms. The van der Waals surface area contributed by atoms with E-state index in [1.807, 2.05) is 6.92 Å². The van der Waals surface area contributed by atoms with E-state index in [2.05, 4.69) is 50.4 Å². The van der Waals surface area contributed by atoms with E-state index in [-0.39, 0.29) is 17.4 Å². The Hall–Kier alpha value is -1.00. The molecule has 0 aliphatic rings. The van der Waals surface area contributed by atoms with Crippen molar-refractivity contribution in [3.8, 4) is 0 Å². The van der Waals surface area contributed by atoms with E-state index >= 15 is 0 Å². The molecule has 0 saturated heterocycles. The van der Waals surface area contributed by atoms with Crippen LogP contribution in [-0.2, 0) is 14.9 Å². The molecule has 0 aliphatic carbocycles. The van der Waals surface area contributed by atoms with Crippen molar-refractivity contribution >= 4 is 17.7 Å². The van der Waals surface area contributed by atoms with Crippen molar-refractivity contribution in [1.82, 2.24) is 5.32 Å². The molecule has 0 heterocycles. The van der Waals surface area contributed by atoms with Crippen LogP contribution in [0.1, 0.15) is 33.3 Å². The first-order valence-corrected chi connectivity index (χ1v) is 7.83. The zero-order valence-corrected chi connectivity index (χ0v) is 13.8. The van der Waals surface area contributed by atoms with E-state index in [1.54, 1.807) is 18.9 Å². The first-order valence-electron chi connectivity index (χ1n) is 6.84. The number of ether oxygens (including phenoxy) is 1. The van der Waals surface area contributed by atoms with Gasteiger partial charge in [-0.2, -0.15) is 0 Å². The maximum absolute atomic E-state index is 11.7. The number of hydrogen-bond acceptors (Lipinski definition) is 3. The smallest absolute Gasteiger partial charge is 0.230 e.